The van der Waals surface area contributed by atoms with Gasteiger partial charge in [0, 0.05) is 23.5 Å². The van der Waals surface area contributed by atoms with Gasteiger partial charge in [0.05, 0.1) is 12.2 Å². The van der Waals surface area contributed by atoms with Crippen LogP contribution in [0.15, 0.2) is 65.8 Å². The van der Waals surface area contributed by atoms with Gasteiger partial charge in [-0.2, -0.15) is 0 Å². The Hall–Kier alpha value is -2.81. The SMILES string of the molecule is Fc1ccc(-c2ncccc2-c2ccc3c(c2)C=NC3)cc1. The van der Waals surface area contributed by atoms with Gasteiger partial charge in [-0.25, -0.2) is 4.39 Å². The van der Waals surface area contributed by atoms with Crippen molar-refractivity contribution in [2.24, 2.45) is 4.99 Å². The van der Waals surface area contributed by atoms with Crippen molar-refractivity contribution in [1.29, 1.82) is 0 Å². The van der Waals surface area contributed by atoms with Crippen molar-refractivity contribution in [3.63, 3.8) is 0 Å². The van der Waals surface area contributed by atoms with Gasteiger partial charge in [0.1, 0.15) is 5.82 Å². The molecule has 0 bridgehead atoms. The molecule has 0 unspecified atom stereocenters. The monoisotopic (exact) mass is 288 g/mol. The molecule has 0 radical (unpaired) electrons. The van der Waals surface area contributed by atoms with Crippen LogP contribution in [-0.4, -0.2) is 11.2 Å². The second-order valence-corrected chi connectivity index (χ2v) is 5.29. The Labute approximate surface area is 128 Å². The molecule has 1 aliphatic rings. The standard InChI is InChI=1S/C19H13FN2/c20-17-7-5-13(6-8-17)19-18(2-1-9-22-19)14-3-4-15-11-21-12-16(15)10-14/h1-10,12H,11H2. The molecule has 0 N–H and O–H groups in total. The van der Waals surface area contributed by atoms with Crippen molar-refractivity contribution in [3.8, 4) is 22.4 Å². The highest BCUT2D eigenvalue weighted by atomic mass is 19.1. The molecule has 1 aromatic heterocycles. The summed E-state index contributed by atoms with van der Waals surface area (Å²) < 4.78 is 13.1. The molecule has 2 heterocycles. The van der Waals surface area contributed by atoms with Crippen LogP contribution in [-0.2, 0) is 6.54 Å². The van der Waals surface area contributed by atoms with E-state index < -0.39 is 0 Å². The van der Waals surface area contributed by atoms with Crippen LogP contribution >= 0.6 is 0 Å². The Bertz CT molecular complexity index is 867. The summed E-state index contributed by atoms with van der Waals surface area (Å²) in [7, 11) is 0. The minimum atomic E-state index is -0.241. The molecule has 1 aliphatic heterocycles. The number of hydrogen-bond acceptors (Lipinski definition) is 2. The molecule has 106 valence electrons. The second kappa shape index (κ2) is 5.19. The molecule has 2 nitrogen and oxygen atoms in total. The van der Waals surface area contributed by atoms with Crippen LogP contribution < -0.4 is 0 Å². The largest absolute Gasteiger partial charge is 0.288 e. The van der Waals surface area contributed by atoms with E-state index in [0.717, 1.165) is 34.5 Å². The molecule has 0 saturated carbocycles. The van der Waals surface area contributed by atoms with E-state index >= 15 is 0 Å². The maximum atomic E-state index is 13.1. The van der Waals surface area contributed by atoms with Crippen molar-refractivity contribution in [1.82, 2.24) is 4.98 Å². The molecule has 3 aromatic rings. The van der Waals surface area contributed by atoms with Crippen molar-refractivity contribution >= 4 is 6.21 Å². The molecule has 0 saturated heterocycles. The zero-order chi connectivity index (χ0) is 14.9. The predicted octanol–water partition coefficient (Wildman–Crippen LogP) is 4.49. The number of rotatable bonds is 2. The maximum Gasteiger partial charge on any atom is 0.123 e. The minimum Gasteiger partial charge on any atom is -0.288 e. The van der Waals surface area contributed by atoms with E-state index in [9.17, 15) is 4.39 Å². The lowest BCUT2D eigenvalue weighted by molar-refractivity contribution is 0.628. The smallest absolute Gasteiger partial charge is 0.123 e. The maximum absolute atomic E-state index is 13.1. The summed E-state index contributed by atoms with van der Waals surface area (Å²) in [6, 6.07) is 16.7. The Morgan fingerprint density at radius 1 is 0.909 bits per heavy atom. The first-order chi connectivity index (χ1) is 10.8. The van der Waals surface area contributed by atoms with Gasteiger partial charge in [-0.1, -0.05) is 18.2 Å². The summed E-state index contributed by atoms with van der Waals surface area (Å²) in [6.07, 6.45) is 3.67. The third-order valence-corrected chi connectivity index (χ3v) is 3.87. The minimum absolute atomic E-state index is 0.241. The summed E-state index contributed by atoms with van der Waals surface area (Å²) in [5, 5.41) is 0. The van der Waals surface area contributed by atoms with E-state index in [2.05, 4.69) is 28.2 Å². The predicted molar refractivity (Wildman–Crippen MR) is 86.4 cm³/mol. The first-order valence-electron chi connectivity index (χ1n) is 7.15. The highest BCUT2D eigenvalue weighted by Crippen LogP contribution is 2.31. The molecule has 4 rings (SSSR count). The molecular formula is C19H13FN2. The topological polar surface area (TPSA) is 25.2 Å². The average molecular weight is 288 g/mol. The van der Waals surface area contributed by atoms with Gasteiger partial charge in [0.15, 0.2) is 0 Å². The molecular weight excluding hydrogens is 275 g/mol. The van der Waals surface area contributed by atoms with Gasteiger partial charge in [-0.05, 0) is 53.1 Å². The Morgan fingerprint density at radius 2 is 1.73 bits per heavy atom. The number of pyridine rings is 1. The van der Waals surface area contributed by atoms with Crippen LogP contribution in [0.1, 0.15) is 11.1 Å². The van der Waals surface area contributed by atoms with Gasteiger partial charge in [-0.15, -0.1) is 0 Å². The van der Waals surface area contributed by atoms with E-state index in [0.29, 0.717) is 0 Å². The summed E-state index contributed by atoms with van der Waals surface area (Å²) in [5.41, 5.74) is 6.31. The third-order valence-electron chi connectivity index (χ3n) is 3.87. The van der Waals surface area contributed by atoms with Crippen molar-refractivity contribution in [3.05, 3.63) is 77.7 Å². The summed E-state index contributed by atoms with van der Waals surface area (Å²) in [4.78, 5) is 8.79. The molecule has 0 amide bonds. The van der Waals surface area contributed by atoms with Crippen LogP contribution in [0.3, 0.4) is 0 Å². The highest BCUT2D eigenvalue weighted by molar-refractivity contribution is 5.89. The van der Waals surface area contributed by atoms with Crippen molar-refractivity contribution < 1.29 is 4.39 Å². The zero-order valence-corrected chi connectivity index (χ0v) is 11.8. The third kappa shape index (κ3) is 2.21. The van der Waals surface area contributed by atoms with Crippen molar-refractivity contribution in [2.45, 2.75) is 6.54 Å². The molecule has 0 aliphatic carbocycles. The Morgan fingerprint density at radius 3 is 2.59 bits per heavy atom. The number of aromatic nitrogens is 1. The first-order valence-corrected chi connectivity index (χ1v) is 7.15. The summed E-state index contributed by atoms with van der Waals surface area (Å²) in [6.45, 7) is 0.757. The van der Waals surface area contributed by atoms with Crippen LogP contribution in [0.4, 0.5) is 4.39 Å². The van der Waals surface area contributed by atoms with E-state index in [1.165, 1.54) is 17.7 Å². The van der Waals surface area contributed by atoms with Gasteiger partial charge < -0.3 is 0 Å². The molecule has 0 spiro atoms. The lowest BCUT2D eigenvalue weighted by Crippen LogP contribution is -1.91. The van der Waals surface area contributed by atoms with Crippen LogP contribution in [0.25, 0.3) is 22.4 Å². The summed E-state index contributed by atoms with van der Waals surface area (Å²) in [5.74, 6) is -0.241. The van der Waals surface area contributed by atoms with Crippen LogP contribution in [0, 0.1) is 5.82 Å². The molecule has 3 heteroatoms. The quantitative estimate of drug-likeness (QED) is 0.682. The lowest BCUT2D eigenvalue weighted by atomic mass is 9.96. The number of benzene rings is 2. The van der Waals surface area contributed by atoms with Gasteiger partial charge >= 0.3 is 0 Å². The van der Waals surface area contributed by atoms with E-state index in [4.69, 9.17) is 0 Å². The van der Waals surface area contributed by atoms with E-state index in [-0.39, 0.29) is 5.82 Å². The summed E-state index contributed by atoms with van der Waals surface area (Å²) >= 11 is 0. The number of nitrogens with zero attached hydrogens (tertiary/aromatic N) is 2. The van der Waals surface area contributed by atoms with Gasteiger partial charge in [-0.3, -0.25) is 9.98 Å². The second-order valence-electron chi connectivity index (χ2n) is 5.29. The number of aliphatic imine (C=N–C) groups is 1. The number of fused-ring (bicyclic) bond motifs is 1. The van der Waals surface area contributed by atoms with Crippen LogP contribution in [0.2, 0.25) is 0 Å². The Kier molecular flexibility index (Phi) is 3.04. The van der Waals surface area contributed by atoms with Crippen LogP contribution in [0.5, 0.6) is 0 Å². The first kappa shape index (κ1) is 12.9. The van der Waals surface area contributed by atoms with E-state index in [1.54, 1.807) is 18.3 Å². The highest BCUT2D eigenvalue weighted by Gasteiger charge is 2.12. The van der Waals surface area contributed by atoms with Gasteiger partial charge in [0.25, 0.3) is 0 Å². The normalized spacial score (nSPS) is 12.4. The molecule has 22 heavy (non-hydrogen) atoms. The average Bonchev–Trinajstić information content (AvgIpc) is 3.03. The van der Waals surface area contributed by atoms with E-state index in [1.807, 2.05) is 18.3 Å². The molecule has 2 aromatic carbocycles. The zero-order valence-electron chi connectivity index (χ0n) is 11.8. The lowest BCUT2D eigenvalue weighted by Gasteiger charge is -2.10. The number of halogens is 1. The number of hydrogen-bond donors (Lipinski definition) is 0. The Balaban J connectivity index is 1.86. The fourth-order valence-corrected chi connectivity index (χ4v) is 2.75. The molecule has 0 atom stereocenters. The fourth-order valence-electron chi connectivity index (χ4n) is 2.75. The van der Waals surface area contributed by atoms with Gasteiger partial charge in [0.2, 0.25) is 0 Å². The molecule has 0 fully saturated rings. The van der Waals surface area contributed by atoms with Crippen molar-refractivity contribution in [2.75, 3.05) is 0 Å². The fraction of sp³-hybridized carbons (Fsp3) is 0.0526.